The molecule has 2 aliphatic carbocycles. The molecule has 2 fully saturated rings. The van der Waals surface area contributed by atoms with Crippen LogP contribution in [0.25, 0.3) is 0 Å². The molecule has 0 heterocycles. The second-order valence-electron chi connectivity index (χ2n) is 13.6. The minimum absolute atomic E-state index is 0.636. The highest BCUT2D eigenvalue weighted by Crippen LogP contribution is 2.48. The van der Waals surface area contributed by atoms with Gasteiger partial charge in [0.25, 0.3) is 0 Å². The lowest BCUT2D eigenvalue weighted by Crippen LogP contribution is -2.49. The first kappa shape index (κ1) is 29.2. The van der Waals surface area contributed by atoms with Crippen molar-refractivity contribution in [1.29, 1.82) is 0 Å². The monoisotopic (exact) mass is 461 g/mol. The van der Waals surface area contributed by atoms with Crippen molar-refractivity contribution in [2.45, 2.75) is 146 Å². The number of rotatable bonds is 12. The van der Waals surface area contributed by atoms with Crippen LogP contribution in [0.4, 0.5) is 0 Å². The van der Waals surface area contributed by atoms with Gasteiger partial charge in [0.05, 0.1) is 0 Å². The SMILES string of the molecule is CCCCC(CC(C)C)C(C(C)C)C(C)NC1CCC(C)C(C2CCC(CC)C(C)C2C)C1. The first-order valence-corrected chi connectivity index (χ1v) is 15.4. The van der Waals surface area contributed by atoms with E-state index < -0.39 is 0 Å². The molecule has 196 valence electrons. The third-order valence-electron chi connectivity index (χ3n) is 10.5. The van der Waals surface area contributed by atoms with Gasteiger partial charge in [-0.05, 0) is 105 Å². The van der Waals surface area contributed by atoms with Crippen LogP contribution >= 0.6 is 0 Å². The van der Waals surface area contributed by atoms with E-state index in [2.05, 4.69) is 74.6 Å². The van der Waals surface area contributed by atoms with Gasteiger partial charge in [0.1, 0.15) is 0 Å². The van der Waals surface area contributed by atoms with Gasteiger partial charge >= 0.3 is 0 Å². The minimum atomic E-state index is 0.636. The van der Waals surface area contributed by atoms with E-state index in [-0.39, 0.29) is 0 Å². The van der Waals surface area contributed by atoms with Crippen molar-refractivity contribution in [2.75, 3.05) is 0 Å². The quantitative estimate of drug-likeness (QED) is 0.305. The first-order chi connectivity index (χ1) is 15.6. The average molecular weight is 462 g/mol. The van der Waals surface area contributed by atoms with Crippen molar-refractivity contribution in [3.05, 3.63) is 0 Å². The highest BCUT2D eigenvalue weighted by Gasteiger charge is 2.42. The third-order valence-corrected chi connectivity index (χ3v) is 10.5. The van der Waals surface area contributed by atoms with Gasteiger partial charge in [-0.2, -0.15) is 0 Å². The van der Waals surface area contributed by atoms with Crippen LogP contribution in [-0.2, 0) is 0 Å². The molecule has 0 spiro atoms. The van der Waals surface area contributed by atoms with E-state index in [1.807, 2.05) is 0 Å². The smallest absolute Gasteiger partial charge is 0.00746 e. The van der Waals surface area contributed by atoms with Crippen molar-refractivity contribution in [2.24, 2.45) is 59.2 Å². The van der Waals surface area contributed by atoms with Crippen LogP contribution in [0.3, 0.4) is 0 Å². The number of hydrogen-bond donors (Lipinski definition) is 1. The van der Waals surface area contributed by atoms with Crippen LogP contribution in [0.1, 0.15) is 133 Å². The Morgan fingerprint density at radius 3 is 2.09 bits per heavy atom. The second kappa shape index (κ2) is 13.9. The van der Waals surface area contributed by atoms with E-state index >= 15 is 0 Å². The van der Waals surface area contributed by atoms with E-state index in [1.54, 1.807) is 0 Å². The fourth-order valence-corrected chi connectivity index (χ4v) is 8.59. The molecule has 2 aliphatic rings. The molecule has 0 radical (unpaired) electrons. The highest BCUT2D eigenvalue weighted by atomic mass is 15.0. The molecule has 1 N–H and O–H groups in total. The lowest BCUT2D eigenvalue weighted by Gasteiger charge is -2.48. The Morgan fingerprint density at radius 1 is 0.818 bits per heavy atom. The molecule has 0 aromatic rings. The molecule has 0 aromatic heterocycles. The predicted octanol–water partition coefficient (Wildman–Crippen LogP) is 9.60. The summed E-state index contributed by atoms with van der Waals surface area (Å²) in [6, 6.07) is 1.37. The van der Waals surface area contributed by atoms with Gasteiger partial charge in [-0.3, -0.25) is 0 Å². The van der Waals surface area contributed by atoms with Gasteiger partial charge in [-0.1, -0.05) is 88.0 Å². The average Bonchev–Trinajstić information content (AvgIpc) is 2.75. The fraction of sp³-hybridized carbons (Fsp3) is 1.00. The Bertz CT molecular complexity index is 525. The Morgan fingerprint density at radius 2 is 1.52 bits per heavy atom. The molecule has 2 rings (SSSR count). The van der Waals surface area contributed by atoms with Gasteiger partial charge in [0.15, 0.2) is 0 Å². The lowest BCUT2D eigenvalue weighted by atomic mass is 9.59. The van der Waals surface area contributed by atoms with Crippen LogP contribution in [0, 0.1) is 59.2 Å². The summed E-state index contributed by atoms with van der Waals surface area (Å²) in [5, 5.41) is 4.27. The maximum absolute atomic E-state index is 4.27. The van der Waals surface area contributed by atoms with E-state index in [9.17, 15) is 0 Å². The van der Waals surface area contributed by atoms with E-state index in [4.69, 9.17) is 0 Å². The Kier molecular flexibility index (Phi) is 12.3. The van der Waals surface area contributed by atoms with Gasteiger partial charge in [-0.15, -0.1) is 0 Å². The topological polar surface area (TPSA) is 12.0 Å². The second-order valence-corrected chi connectivity index (χ2v) is 13.6. The van der Waals surface area contributed by atoms with Gasteiger partial charge in [0, 0.05) is 12.1 Å². The van der Waals surface area contributed by atoms with Crippen molar-refractivity contribution in [3.63, 3.8) is 0 Å². The van der Waals surface area contributed by atoms with Crippen LogP contribution in [0.15, 0.2) is 0 Å². The Balaban J connectivity index is 2.07. The Labute approximate surface area is 210 Å². The summed E-state index contributed by atoms with van der Waals surface area (Å²) in [6.45, 7) is 24.9. The van der Waals surface area contributed by atoms with Crippen molar-refractivity contribution < 1.29 is 0 Å². The molecule has 1 nitrogen and oxygen atoms in total. The zero-order chi connectivity index (χ0) is 24.7. The van der Waals surface area contributed by atoms with Gasteiger partial charge in [-0.25, -0.2) is 0 Å². The highest BCUT2D eigenvalue weighted by molar-refractivity contribution is 4.94. The minimum Gasteiger partial charge on any atom is -0.311 e. The maximum Gasteiger partial charge on any atom is 0.00746 e. The molecule has 0 aromatic carbocycles. The number of hydrogen-bond acceptors (Lipinski definition) is 1. The Hall–Kier alpha value is -0.0400. The summed E-state index contributed by atoms with van der Waals surface area (Å²) in [5.41, 5.74) is 0. The summed E-state index contributed by atoms with van der Waals surface area (Å²) in [6.07, 6.45) is 14.2. The molecular formula is C32H63N. The van der Waals surface area contributed by atoms with E-state index in [1.165, 1.54) is 64.2 Å². The molecule has 0 saturated heterocycles. The summed E-state index contributed by atoms with van der Waals surface area (Å²) < 4.78 is 0. The predicted molar refractivity (Wildman–Crippen MR) is 149 cm³/mol. The van der Waals surface area contributed by atoms with Crippen molar-refractivity contribution >= 4 is 0 Å². The summed E-state index contributed by atoms with van der Waals surface area (Å²) in [7, 11) is 0. The van der Waals surface area contributed by atoms with Crippen LogP contribution in [-0.4, -0.2) is 12.1 Å². The van der Waals surface area contributed by atoms with E-state index in [0.717, 1.165) is 65.2 Å². The zero-order valence-electron chi connectivity index (χ0n) is 24.5. The molecular weight excluding hydrogens is 398 g/mol. The molecule has 1 heteroatoms. The number of nitrogens with one attached hydrogen (secondary N) is 1. The first-order valence-electron chi connectivity index (χ1n) is 15.4. The van der Waals surface area contributed by atoms with Gasteiger partial charge < -0.3 is 5.32 Å². The molecule has 10 unspecified atom stereocenters. The van der Waals surface area contributed by atoms with Crippen LogP contribution in [0.5, 0.6) is 0 Å². The van der Waals surface area contributed by atoms with E-state index in [0.29, 0.717) is 6.04 Å². The summed E-state index contributed by atoms with van der Waals surface area (Å²) >= 11 is 0. The fourth-order valence-electron chi connectivity index (χ4n) is 8.59. The third kappa shape index (κ3) is 7.98. The largest absolute Gasteiger partial charge is 0.311 e. The maximum atomic E-state index is 4.27. The molecule has 10 atom stereocenters. The van der Waals surface area contributed by atoms with Crippen molar-refractivity contribution in [3.8, 4) is 0 Å². The molecule has 2 saturated carbocycles. The number of unbranched alkanes of at least 4 members (excludes halogenated alkanes) is 1. The van der Waals surface area contributed by atoms with Crippen molar-refractivity contribution in [1.82, 2.24) is 5.32 Å². The van der Waals surface area contributed by atoms with Crippen LogP contribution in [0.2, 0.25) is 0 Å². The molecule has 33 heavy (non-hydrogen) atoms. The van der Waals surface area contributed by atoms with Crippen LogP contribution < -0.4 is 5.32 Å². The standard InChI is InChI=1S/C32H63N/c1-11-13-14-28(19-21(3)4)32(22(5)6)26(10)33-29-17-15-23(7)31(20-29)30-18-16-27(12-2)24(8)25(30)9/h21-33H,11-20H2,1-10H3. The lowest BCUT2D eigenvalue weighted by molar-refractivity contribution is 0.0244. The summed E-state index contributed by atoms with van der Waals surface area (Å²) in [4.78, 5) is 0. The van der Waals surface area contributed by atoms with Gasteiger partial charge in [0.2, 0.25) is 0 Å². The zero-order valence-corrected chi connectivity index (χ0v) is 24.5. The normalized spacial score (nSPS) is 36.2. The summed E-state index contributed by atoms with van der Waals surface area (Å²) in [5.74, 6) is 8.83. The molecule has 0 amide bonds. The molecule has 0 aliphatic heterocycles. The molecule has 0 bridgehead atoms.